The van der Waals surface area contributed by atoms with E-state index >= 15 is 0 Å². The number of carbonyl (C=O) groups is 1. The maximum absolute atomic E-state index is 12.3. The van der Waals surface area contributed by atoms with Crippen molar-refractivity contribution >= 4 is 33.0 Å². The van der Waals surface area contributed by atoms with Crippen molar-refractivity contribution in [3.05, 3.63) is 29.1 Å². The summed E-state index contributed by atoms with van der Waals surface area (Å²) in [7, 11) is 0. The van der Waals surface area contributed by atoms with Crippen molar-refractivity contribution in [2.24, 2.45) is 5.92 Å². The van der Waals surface area contributed by atoms with Gasteiger partial charge in [0.1, 0.15) is 0 Å². The molecule has 4 heteroatoms. The van der Waals surface area contributed by atoms with Crippen molar-refractivity contribution in [2.75, 3.05) is 5.73 Å². The monoisotopic (exact) mass is 274 g/mol. The summed E-state index contributed by atoms with van der Waals surface area (Å²) in [5.74, 6) is 0.646. The van der Waals surface area contributed by atoms with E-state index in [9.17, 15) is 4.79 Å². The summed E-state index contributed by atoms with van der Waals surface area (Å²) in [4.78, 5) is 13.0. The van der Waals surface area contributed by atoms with Gasteiger partial charge < -0.3 is 11.1 Å². The summed E-state index contributed by atoms with van der Waals surface area (Å²) in [5.41, 5.74) is 6.50. The van der Waals surface area contributed by atoms with E-state index in [1.807, 2.05) is 24.3 Å². The van der Waals surface area contributed by atoms with E-state index in [4.69, 9.17) is 5.73 Å². The van der Waals surface area contributed by atoms with E-state index in [1.54, 1.807) is 0 Å². The normalized spacial score (nSPS) is 22.8. The minimum Gasteiger partial charge on any atom is -0.399 e. The van der Waals surface area contributed by atoms with Crippen LogP contribution in [0.5, 0.6) is 0 Å². The Bertz CT molecular complexity index is 620. The minimum atomic E-state index is 0.0542. The van der Waals surface area contributed by atoms with Crippen molar-refractivity contribution in [3.63, 3.8) is 0 Å². The number of benzene rings is 1. The van der Waals surface area contributed by atoms with Crippen LogP contribution in [0.2, 0.25) is 0 Å². The van der Waals surface area contributed by atoms with Gasteiger partial charge in [0, 0.05) is 16.4 Å². The standard InChI is InChI=1S/C15H18N2OS/c1-9-3-2-4-12(9)17-15(18)14-8-10-7-11(16)5-6-13(10)19-14/h5-9,12H,2-4,16H2,1H3,(H,17,18). The van der Waals surface area contributed by atoms with Crippen LogP contribution in [0.25, 0.3) is 10.1 Å². The van der Waals surface area contributed by atoms with Gasteiger partial charge in [0.25, 0.3) is 5.91 Å². The molecule has 2 aromatic rings. The Morgan fingerprint density at radius 2 is 2.21 bits per heavy atom. The van der Waals surface area contributed by atoms with Crippen molar-refractivity contribution in [1.82, 2.24) is 5.32 Å². The van der Waals surface area contributed by atoms with Crippen molar-refractivity contribution in [3.8, 4) is 0 Å². The van der Waals surface area contributed by atoms with Gasteiger partial charge in [-0.15, -0.1) is 11.3 Å². The first-order valence-corrected chi connectivity index (χ1v) is 7.55. The topological polar surface area (TPSA) is 55.1 Å². The lowest BCUT2D eigenvalue weighted by Crippen LogP contribution is -2.35. The van der Waals surface area contributed by atoms with Crippen LogP contribution in [0, 0.1) is 5.92 Å². The van der Waals surface area contributed by atoms with Gasteiger partial charge in [-0.3, -0.25) is 4.79 Å². The van der Waals surface area contributed by atoms with Crippen molar-refractivity contribution in [1.29, 1.82) is 0 Å². The molecule has 1 heterocycles. The van der Waals surface area contributed by atoms with Gasteiger partial charge in [-0.1, -0.05) is 13.3 Å². The SMILES string of the molecule is CC1CCCC1NC(=O)c1cc2cc(N)ccc2s1. The minimum absolute atomic E-state index is 0.0542. The Morgan fingerprint density at radius 3 is 2.95 bits per heavy atom. The molecule has 1 aromatic heterocycles. The number of thiophene rings is 1. The van der Waals surface area contributed by atoms with Crippen LogP contribution in [-0.4, -0.2) is 11.9 Å². The number of hydrogen-bond acceptors (Lipinski definition) is 3. The molecule has 0 radical (unpaired) electrons. The van der Waals surface area contributed by atoms with Gasteiger partial charge in [-0.2, -0.15) is 0 Å². The third-order valence-corrected chi connectivity index (χ3v) is 5.06. The molecule has 100 valence electrons. The Morgan fingerprint density at radius 1 is 1.37 bits per heavy atom. The second-order valence-corrected chi connectivity index (χ2v) is 6.48. The highest BCUT2D eigenvalue weighted by Crippen LogP contribution is 2.29. The molecule has 1 aliphatic carbocycles. The summed E-state index contributed by atoms with van der Waals surface area (Å²) in [6, 6.07) is 8.04. The van der Waals surface area contributed by atoms with Crippen LogP contribution in [0.4, 0.5) is 5.69 Å². The third kappa shape index (κ3) is 2.45. The summed E-state index contributed by atoms with van der Waals surface area (Å²) >= 11 is 1.53. The Labute approximate surface area is 116 Å². The molecule has 1 aliphatic rings. The predicted molar refractivity (Wildman–Crippen MR) is 80.5 cm³/mol. The largest absolute Gasteiger partial charge is 0.399 e. The molecule has 0 bridgehead atoms. The highest BCUT2D eigenvalue weighted by Gasteiger charge is 2.25. The molecule has 3 nitrogen and oxygen atoms in total. The van der Waals surface area contributed by atoms with Gasteiger partial charge in [-0.25, -0.2) is 0 Å². The van der Waals surface area contributed by atoms with Crippen molar-refractivity contribution < 1.29 is 4.79 Å². The smallest absolute Gasteiger partial charge is 0.261 e. The van der Waals surface area contributed by atoms with Crippen LogP contribution < -0.4 is 11.1 Å². The summed E-state index contributed by atoms with van der Waals surface area (Å²) in [6.07, 6.45) is 3.54. The number of anilines is 1. The van der Waals surface area contributed by atoms with Crippen LogP contribution in [0.3, 0.4) is 0 Å². The molecular formula is C15H18N2OS. The lowest BCUT2D eigenvalue weighted by molar-refractivity contribution is 0.0934. The third-order valence-electron chi connectivity index (χ3n) is 3.94. The second kappa shape index (κ2) is 4.85. The highest BCUT2D eigenvalue weighted by atomic mass is 32.1. The molecule has 2 atom stereocenters. The fourth-order valence-electron chi connectivity index (χ4n) is 2.77. The van der Waals surface area contributed by atoms with Crippen LogP contribution >= 0.6 is 11.3 Å². The maximum atomic E-state index is 12.3. The molecule has 0 aliphatic heterocycles. The van der Waals surface area contributed by atoms with E-state index < -0.39 is 0 Å². The lowest BCUT2D eigenvalue weighted by atomic mass is 10.1. The summed E-state index contributed by atoms with van der Waals surface area (Å²) in [5, 5.41) is 4.21. The first-order chi connectivity index (χ1) is 9.13. The number of nitrogens with one attached hydrogen (secondary N) is 1. The highest BCUT2D eigenvalue weighted by molar-refractivity contribution is 7.20. The van der Waals surface area contributed by atoms with E-state index in [1.165, 1.54) is 24.2 Å². The number of nitrogen functional groups attached to an aromatic ring is 1. The molecule has 0 spiro atoms. The number of rotatable bonds is 2. The van der Waals surface area contributed by atoms with Gasteiger partial charge >= 0.3 is 0 Å². The number of carbonyl (C=O) groups excluding carboxylic acids is 1. The molecule has 19 heavy (non-hydrogen) atoms. The Hall–Kier alpha value is -1.55. The fourth-order valence-corrected chi connectivity index (χ4v) is 3.72. The van der Waals surface area contributed by atoms with E-state index in [2.05, 4.69) is 12.2 Å². The Balaban J connectivity index is 1.81. The number of hydrogen-bond donors (Lipinski definition) is 2. The molecule has 3 N–H and O–H groups in total. The average molecular weight is 274 g/mol. The molecule has 0 saturated heterocycles. The van der Waals surface area contributed by atoms with Crippen LogP contribution in [0.1, 0.15) is 35.9 Å². The van der Waals surface area contributed by atoms with Crippen LogP contribution in [0.15, 0.2) is 24.3 Å². The summed E-state index contributed by atoms with van der Waals surface area (Å²) in [6.45, 7) is 2.21. The zero-order valence-electron chi connectivity index (χ0n) is 11.0. The molecule has 1 aromatic carbocycles. The van der Waals surface area contributed by atoms with E-state index in [0.29, 0.717) is 12.0 Å². The van der Waals surface area contributed by atoms with Gasteiger partial charge in [-0.05, 0) is 48.4 Å². The van der Waals surface area contributed by atoms with E-state index in [0.717, 1.165) is 27.1 Å². The molecular weight excluding hydrogens is 256 g/mol. The van der Waals surface area contributed by atoms with Crippen LogP contribution in [-0.2, 0) is 0 Å². The summed E-state index contributed by atoms with van der Waals surface area (Å²) < 4.78 is 1.11. The first kappa shape index (κ1) is 12.5. The lowest BCUT2D eigenvalue weighted by Gasteiger charge is -2.16. The van der Waals surface area contributed by atoms with Gasteiger partial charge in [0.2, 0.25) is 0 Å². The van der Waals surface area contributed by atoms with E-state index in [-0.39, 0.29) is 5.91 Å². The first-order valence-electron chi connectivity index (χ1n) is 6.73. The van der Waals surface area contributed by atoms with Gasteiger partial charge in [0.05, 0.1) is 4.88 Å². The molecule has 3 rings (SSSR count). The second-order valence-electron chi connectivity index (χ2n) is 5.40. The predicted octanol–water partition coefficient (Wildman–Crippen LogP) is 3.40. The van der Waals surface area contributed by atoms with Crippen molar-refractivity contribution in [2.45, 2.75) is 32.2 Å². The molecule has 1 fully saturated rings. The average Bonchev–Trinajstić information content (AvgIpc) is 2.96. The molecule has 1 saturated carbocycles. The maximum Gasteiger partial charge on any atom is 0.261 e. The van der Waals surface area contributed by atoms with Gasteiger partial charge in [0.15, 0.2) is 0 Å². The number of fused-ring (bicyclic) bond motifs is 1. The number of amides is 1. The fraction of sp³-hybridized carbons (Fsp3) is 0.400. The number of nitrogens with two attached hydrogens (primary N) is 1. The molecule has 1 amide bonds. The quantitative estimate of drug-likeness (QED) is 0.825. The zero-order chi connectivity index (χ0) is 13.4. The molecule has 2 unspecified atom stereocenters. The zero-order valence-corrected chi connectivity index (χ0v) is 11.8. The Kier molecular flexibility index (Phi) is 3.19.